The van der Waals surface area contributed by atoms with E-state index in [1.54, 1.807) is 0 Å². The molecule has 0 radical (unpaired) electrons. The highest BCUT2D eigenvalue weighted by Gasteiger charge is 2.22. The Balaban J connectivity index is 1.85. The lowest BCUT2D eigenvalue weighted by molar-refractivity contribution is -0.576. The van der Waals surface area contributed by atoms with E-state index in [1.807, 2.05) is 18.3 Å². The van der Waals surface area contributed by atoms with Crippen molar-refractivity contribution in [2.45, 2.75) is 20.8 Å². The van der Waals surface area contributed by atoms with Gasteiger partial charge in [0.25, 0.3) is 0 Å². The highest BCUT2D eigenvalue weighted by atomic mass is 15.1. The van der Waals surface area contributed by atoms with Crippen molar-refractivity contribution in [2.24, 2.45) is 0 Å². The van der Waals surface area contributed by atoms with Gasteiger partial charge >= 0.3 is 5.82 Å². The Labute approximate surface area is 195 Å². The van der Waals surface area contributed by atoms with Crippen molar-refractivity contribution >= 4 is 0 Å². The Morgan fingerprint density at radius 2 is 0.939 bits per heavy atom. The van der Waals surface area contributed by atoms with Crippen LogP contribution in [0, 0.1) is 20.8 Å². The van der Waals surface area contributed by atoms with Gasteiger partial charge in [-0.2, -0.15) is 4.57 Å². The third-order valence-corrected chi connectivity index (χ3v) is 6.02. The predicted octanol–water partition coefficient (Wildman–Crippen LogP) is 7.28. The maximum atomic E-state index is 4.73. The molecule has 2 nitrogen and oxygen atoms in total. The van der Waals surface area contributed by atoms with E-state index in [1.165, 1.54) is 27.8 Å². The lowest BCUT2D eigenvalue weighted by Crippen LogP contribution is -2.37. The summed E-state index contributed by atoms with van der Waals surface area (Å²) in [6.07, 6.45) is 1.86. The molecule has 0 fully saturated rings. The molecule has 3 aromatic carbocycles. The summed E-state index contributed by atoms with van der Waals surface area (Å²) in [5.41, 5.74) is 10.7. The fourth-order valence-corrected chi connectivity index (χ4v) is 4.11. The van der Waals surface area contributed by atoms with Gasteiger partial charge in [0.1, 0.15) is 17.6 Å². The highest BCUT2D eigenvalue weighted by molar-refractivity contribution is 5.74. The van der Waals surface area contributed by atoms with E-state index in [0.717, 1.165) is 28.3 Å². The minimum atomic E-state index is 0.902. The first-order valence-electron chi connectivity index (χ1n) is 11.3. The number of aromatic nitrogens is 2. The molecule has 2 heteroatoms. The van der Waals surface area contributed by atoms with Gasteiger partial charge in [-0.3, -0.25) is 0 Å². The summed E-state index contributed by atoms with van der Waals surface area (Å²) in [5.74, 6) is 0.902. The van der Waals surface area contributed by atoms with E-state index in [0.29, 0.717) is 0 Å². The molecule has 0 bridgehead atoms. The lowest BCUT2D eigenvalue weighted by atomic mass is 9.97. The fourth-order valence-electron chi connectivity index (χ4n) is 4.11. The van der Waals surface area contributed by atoms with E-state index >= 15 is 0 Å². The average Bonchev–Trinajstić information content (AvgIpc) is 2.85. The van der Waals surface area contributed by atoms with E-state index in [-0.39, 0.29) is 0 Å². The second-order valence-electron chi connectivity index (χ2n) is 8.64. The van der Waals surface area contributed by atoms with Crippen molar-refractivity contribution in [3.8, 4) is 39.5 Å². The monoisotopic (exact) mass is 427 g/mol. The number of nitrogens with zero attached hydrogens (tertiary/aromatic N) is 2. The van der Waals surface area contributed by atoms with Crippen molar-refractivity contribution in [1.29, 1.82) is 0 Å². The molecule has 0 spiro atoms. The predicted molar refractivity (Wildman–Crippen MR) is 136 cm³/mol. The fraction of sp³-hybridized carbons (Fsp3) is 0.0968. The van der Waals surface area contributed by atoms with Crippen LogP contribution in [0.4, 0.5) is 0 Å². The molecule has 33 heavy (non-hydrogen) atoms. The van der Waals surface area contributed by atoms with Gasteiger partial charge in [-0.1, -0.05) is 95.6 Å². The molecule has 0 amide bonds. The summed E-state index contributed by atoms with van der Waals surface area (Å²) in [5, 5.41) is 0. The van der Waals surface area contributed by atoms with E-state index in [9.17, 15) is 0 Å². The molecule has 2 aromatic heterocycles. The Morgan fingerprint density at radius 1 is 0.485 bits per heavy atom. The maximum absolute atomic E-state index is 4.73. The van der Waals surface area contributed by atoms with Crippen LogP contribution < -0.4 is 4.57 Å². The molecule has 0 aliphatic carbocycles. The minimum Gasteiger partial charge on any atom is -0.189 e. The maximum Gasteiger partial charge on any atom is 0.328 e. The van der Waals surface area contributed by atoms with Crippen LogP contribution in [-0.4, -0.2) is 4.98 Å². The normalized spacial score (nSPS) is 10.9. The molecule has 2 heterocycles. The Hall–Kier alpha value is -4.04. The first-order chi connectivity index (χ1) is 16.1. The van der Waals surface area contributed by atoms with Gasteiger partial charge in [0, 0.05) is 17.2 Å². The number of hydrogen-bond donors (Lipinski definition) is 0. The van der Waals surface area contributed by atoms with Crippen LogP contribution in [0.1, 0.15) is 16.7 Å². The van der Waals surface area contributed by atoms with Crippen molar-refractivity contribution < 1.29 is 4.57 Å². The number of aryl methyl sites for hydroxylation is 3. The highest BCUT2D eigenvalue weighted by Crippen LogP contribution is 2.30. The minimum absolute atomic E-state index is 0.902. The molecule has 5 rings (SSSR count). The molecule has 5 aromatic rings. The average molecular weight is 428 g/mol. The summed E-state index contributed by atoms with van der Waals surface area (Å²) >= 11 is 0. The smallest absolute Gasteiger partial charge is 0.189 e. The van der Waals surface area contributed by atoms with Crippen LogP contribution in [0.15, 0.2) is 109 Å². The second kappa shape index (κ2) is 8.84. The van der Waals surface area contributed by atoms with Crippen molar-refractivity contribution in [3.63, 3.8) is 0 Å². The van der Waals surface area contributed by atoms with Crippen molar-refractivity contribution in [1.82, 2.24) is 4.98 Å². The van der Waals surface area contributed by atoms with Gasteiger partial charge in [-0.25, -0.2) is 0 Å². The van der Waals surface area contributed by atoms with Crippen LogP contribution in [0.25, 0.3) is 39.5 Å². The molecule has 0 atom stereocenters. The number of rotatable bonds is 4. The zero-order valence-corrected chi connectivity index (χ0v) is 19.3. The van der Waals surface area contributed by atoms with Gasteiger partial charge < -0.3 is 0 Å². The topological polar surface area (TPSA) is 16.8 Å². The summed E-state index contributed by atoms with van der Waals surface area (Å²) in [7, 11) is 0. The SMILES string of the molecule is Cc1ccc(-c2cc(-c3ccc(C)cc3)[n+](-c3ccccn3)c(-c3ccc(C)cc3)c2)cc1. The lowest BCUT2D eigenvalue weighted by Gasteiger charge is -2.15. The van der Waals surface area contributed by atoms with E-state index < -0.39 is 0 Å². The van der Waals surface area contributed by atoms with Crippen molar-refractivity contribution in [2.75, 3.05) is 0 Å². The summed E-state index contributed by atoms with van der Waals surface area (Å²) < 4.78 is 2.27. The largest absolute Gasteiger partial charge is 0.328 e. The van der Waals surface area contributed by atoms with Gasteiger partial charge in [0.15, 0.2) is 0 Å². The van der Waals surface area contributed by atoms with Crippen LogP contribution >= 0.6 is 0 Å². The van der Waals surface area contributed by atoms with Crippen LogP contribution in [0.2, 0.25) is 0 Å². The standard InChI is InChI=1S/C31H27N2/c1-22-7-13-25(14-8-22)28-20-29(26-15-9-23(2)10-16-26)33(31-6-4-5-19-32-31)30(21-28)27-17-11-24(3)12-18-27/h4-21H,1-3H3/q+1. The number of hydrogen-bond acceptors (Lipinski definition) is 1. The van der Waals surface area contributed by atoms with Gasteiger partial charge in [0.2, 0.25) is 0 Å². The second-order valence-corrected chi connectivity index (χ2v) is 8.64. The molecule has 0 N–H and O–H groups in total. The first kappa shape index (κ1) is 20.8. The van der Waals surface area contributed by atoms with Crippen molar-refractivity contribution in [3.05, 3.63) is 126 Å². The molecule has 0 unspecified atom stereocenters. The third-order valence-electron chi connectivity index (χ3n) is 6.02. The molecule has 0 aliphatic heterocycles. The zero-order valence-electron chi connectivity index (χ0n) is 19.3. The van der Waals surface area contributed by atoms with E-state index in [4.69, 9.17) is 4.98 Å². The van der Waals surface area contributed by atoms with Crippen LogP contribution in [-0.2, 0) is 0 Å². The molecular formula is C31H27N2+. The molecular weight excluding hydrogens is 400 g/mol. The Morgan fingerprint density at radius 3 is 1.36 bits per heavy atom. The summed E-state index contributed by atoms with van der Waals surface area (Å²) in [4.78, 5) is 4.73. The quantitative estimate of drug-likeness (QED) is 0.275. The van der Waals surface area contributed by atoms with Crippen LogP contribution in [0.5, 0.6) is 0 Å². The zero-order chi connectivity index (χ0) is 22.8. The van der Waals surface area contributed by atoms with Gasteiger partial charge in [-0.05, 0) is 55.1 Å². The van der Waals surface area contributed by atoms with Gasteiger partial charge in [0.05, 0.1) is 0 Å². The summed E-state index contributed by atoms with van der Waals surface area (Å²) in [6, 6.07) is 36.8. The van der Waals surface area contributed by atoms with E-state index in [2.05, 4.69) is 116 Å². The molecule has 0 saturated carbocycles. The Kier molecular flexibility index (Phi) is 5.58. The summed E-state index contributed by atoms with van der Waals surface area (Å²) in [6.45, 7) is 6.37. The number of benzene rings is 3. The van der Waals surface area contributed by atoms with Crippen LogP contribution in [0.3, 0.4) is 0 Å². The number of pyridine rings is 2. The van der Waals surface area contributed by atoms with Gasteiger partial charge in [-0.15, -0.1) is 0 Å². The molecule has 0 saturated heterocycles. The third kappa shape index (κ3) is 4.33. The molecule has 160 valence electrons. The first-order valence-corrected chi connectivity index (χ1v) is 11.3. The molecule has 0 aliphatic rings. The Bertz CT molecular complexity index is 1320.